The number of likely N-dealkylation sites (N-methyl/N-ethyl adjacent to an activating group) is 1. The first kappa shape index (κ1) is 32.8. The molecule has 39 heavy (non-hydrogen) atoms. The minimum atomic E-state index is -0.856. The van der Waals surface area contributed by atoms with Crippen LogP contribution in [0.1, 0.15) is 45.1 Å². The smallest absolute Gasteiger partial charge is 0.303 e. The third-order valence-corrected chi connectivity index (χ3v) is 5.53. The molecule has 0 bridgehead atoms. The van der Waals surface area contributed by atoms with Crippen LogP contribution in [-0.4, -0.2) is 53.9 Å². The number of carbonyl (C=O) groups excluding carboxylic acids is 1. The summed E-state index contributed by atoms with van der Waals surface area (Å²) in [6.07, 6.45) is 10.4. The maximum Gasteiger partial charge on any atom is 0.303 e. The Balaban J connectivity index is 3.23. The van der Waals surface area contributed by atoms with Gasteiger partial charge < -0.3 is 10.0 Å². The van der Waals surface area contributed by atoms with Gasteiger partial charge in [-0.25, -0.2) is 8.78 Å². The van der Waals surface area contributed by atoms with Crippen LogP contribution < -0.4 is 0 Å². The maximum atomic E-state index is 13.6. The largest absolute Gasteiger partial charge is 0.481 e. The van der Waals surface area contributed by atoms with Crippen molar-refractivity contribution < 1.29 is 23.5 Å². The van der Waals surface area contributed by atoms with Gasteiger partial charge >= 0.3 is 5.97 Å². The summed E-state index contributed by atoms with van der Waals surface area (Å²) >= 11 is 0. The molecule has 1 rings (SSSR count). The Hall–Kier alpha value is -4.20. The fourth-order valence-electron chi connectivity index (χ4n) is 3.47. The van der Waals surface area contributed by atoms with Crippen molar-refractivity contribution >= 4 is 23.3 Å². The lowest BCUT2D eigenvalue weighted by molar-refractivity contribution is -0.137. The summed E-state index contributed by atoms with van der Waals surface area (Å²) in [4.78, 5) is 34.4. The van der Waals surface area contributed by atoms with Crippen molar-refractivity contribution in [3.05, 3.63) is 108 Å². The van der Waals surface area contributed by atoms with Crippen molar-refractivity contribution in [3.8, 4) is 0 Å². The van der Waals surface area contributed by atoms with Gasteiger partial charge in [0, 0.05) is 43.9 Å². The zero-order valence-electron chi connectivity index (χ0n) is 23.1. The highest BCUT2D eigenvalue weighted by molar-refractivity contribution is 6.48. The number of aliphatic carboxylic acids is 1. The van der Waals surface area contributed by atoms with E-state index in [1.807, 2.05) is 0 Å². The molecule has 208 valence electrons. The molecule has 6 nitrogen and oxygen atoms in total. The molecule has 0 aliphatic heterocycles. The minimum Gasteiger partial charge on any atom is -0.481 e. The average Bonchev–Trinajstić information content (AvgIpc) is 2.91. The Morgan fingerprint density at radius 2 is 1.64 bits per heavy atom. The summed E-state index contributed by atoms with van der Waals surface area (Å²) in [6.45, 7) is 10.9. The van der Waals surface area contributed by atoms with Crippen molar-refractivity contribution in [2.45, 2.75) is 39.5 Å². The number of allylic oxidation sites excluding steroid dienone is 7. The van der Waals surface area contributed by atoms with Gasteiger partial charge in [-0.05, 0) is 81.7 Å². The zero-order valence-corrected chi connectivity index (χ0v) is 23.1. The molecule has 0 saturated carbocycles. The number of rotatable bonds is 15. The molecule has 0 radical (unpaired) electrons. The van der Waals surface area contributed by atoms with E-state index in [0.717, 1.165) is 11.6 Å². The van der Waals surface area contributed by atoms with E-state index in [-0.39, 0.29) is 18.1 Å². The SMILES string of the molecule is C=C/C(F)=C\C=C(/C)CN(C)C(=O)/C(C=C)=C/C=C(\C)N=C(C(CCCCC(=O)O)=NC)c1ccc(F)cc1. The Morgan fingerprint density at radius 3 is 2.21 bits per heavy atom. The van der Waals surface area contributed by atoms with E-state index in [9.17, 15) is 18.4 Å². The number of carboxylic acid groups (broad SMARTS) is 1. The number of benzene rings is 1. The summed E-state index contributed by atoms with van der Waals surface area (Å²) in [6, 6.07) is 5.90. The summed E-state index contributed by atoms with van der Waals surface area (Å²) in [5.74, 6) is -1.97. The molecule has 1 amide bonds. The molecule has 0 aromatic heterocycles. The number of carboxylic acids is 1. The second-order valence-corrected chi connectivity index (χ2v) is 8.80. The first-order valence-corrected chi connectivity index (χ1v) is 12.5. The van der Waals surface area contributed by atoms with Crippen LogP contribution in [-0.2, 0) is 9.59 Å². The highest BCUT2D eigenvalue weighted by atomic mass is 19.1. The monoisotopic (exact) mass is 537 g/mol. The third kappa shape index (κ3) is 12.3. The molecular weight excluding hydrogens is 500 g/mol. The predicted molar refractivity (Wildman–Crippen MR) is 155 cm³/mol. The van der Waals surface area contributed by atoms with Gasteiger partial charge in [0.1, 0.15) is 11.6 Å². The summed E-state index contributed by atoms with van der Waals surface area (Å²) in [5, 5.41) is 8.90. The predicted octanol–water partition coefficient (Wildman–Crippen LogP) is 6.79. The highest BCUT2D eigenvalue weighted by Gasteiger charge is 2.14. The second-order valence-electron chi connectivity index (χ2n) is 8.80. The van der Waals surface area contributed by atoms with Crippen molar-refractivity contribution in [1.82, 2.24) is 4.90 Å². The van der Waals surface area contributed by atoms with Crippen LogP contribution in [0.4, 0.5) is 8.78 Å². The normalized spacial score (nSPS) is 13.8. The topological polar surface area (TPSA) is 82.3 Å². The highest BCUT2D eigenvalue weighted by Crippen LogP contribution is 2.14. The van der Waals surface area contributed by atoms with Crippen molar-refractivity contribution in [3.63, 3.8) is 0 Å². The quantitative estimate of drug-likeness (QED) is 0.116. The van der Waals surface area contributed by atoms with Crippen LogP contribution >= 0.6 is 0 Å². The minimum absolute atomic E-state index is 0.0638. The Kier molecular flexibility index (Phi) is 14.6. The van der Waals surface area contributed by atoms with Gasteiger partial charge in [-0.1, -0.05) is 30.9 Å². The molecule has 1 aromatic carbocycles. The summed E-state index contributed by atoms with van der Waals surface area (Å²) in [7, 11) is 3.27. The Bertz CT molecular complexity index is 1220. The molecule has 0 saturated heterocycles. The van der Waals surface area contributed by atoms with Gasteiger partial charge in [-0.15, -0.1) is 0 Å². The molecule has 1 aromatic rings. The third-order valence-electron chi connectivity index (χ3n) is 5.53. The molecule has 0 aliphatic carbocycles. The summed E-state index contributed by atoms with van der Waals surface area (Å²) < 4.78 is 26.8. The van der Waals surface area contributed by atoms with E-state index >= 15 is 0 Å². The maximum absolute atomic E-state index is 13.6. The summed E-state index contributed by atoms with van der Waals surface area (Å²) in [5.41, 5.74) is 3.55. The number of unbranched alkanes of at least 4 members (excludes halogenated alkanes) is 1. The Labute approximate surface area is 229 Å². The average molecular weight is 538 g/mol. The van der Waals surface area contributed by atoms with Crippen LogP contribution in [0.15, 0.2) is 107 Å². The van der Waals surface area contributed by atoms with E-state index in [0.29, 0.717) is 54.1 Å². The number of amides is 1. The zero-order chi connectivity index (χ0) is 29.4. The lowest BCUT2D eigenvalue weighted by Crippen LogP contribution is -2.29. The van der Waals surface area contributed by atoms with Crippen LogP contribution in [0.5, 0.6) is 0 Å². The van der Waals surface area contributed by atoms with Gasteiger partial charge in [0.25, 0.3) is 5.91 Å². The van der Waals surface area contributed by atoms with Gasteiger partial charge in [-0.2, -0.15) is 0 Å². The van der Waals surface area contributed by atoms with Crippen LogP contribution in [0.2, 0.25) is 0 Å². The number of hydrogen-bond acceptors (Lipinski definition) is 4. The van der Waals surface area contributed by atoms with Crippen molar-refractivity contribution in [2.24, 2.45) is 9.98 Å². The molecule has 0 fully saturated rings. The lowest BCUT2D eigenvalue weighted by Gasteiger charge is -2.18. The lowest BCUT2D eigenvalue weighted by atomic mass is 10.0. The number of aliphatic imine (C=N–C) groups is 2. The number of nitrogens with zero attached hydrogens (tertiary/aromatic N) is 3. The molecule has 0 heterocycles. The van der Waals surface area contributed by atoms with E-state index < -0.39 is 11.8 Å². The molecule has 0 unspecified atom stereocenters. The van der Waals surface area contributed by atoms with Gasteiger partial charge in [0.2, 0.25) is 0 Å². The molecular formula is C31H37F2N3O3. The molecule has 0 atom stereocenters. The fraction of sp³-hybridized carbons (Fsp3) is 0.290. The van der Waals surface area contributed by atoms with Gasteiger partial charge in [-0.3, -0.25) is 19.6 Å². The molecule has 1 N–H and O–H groups in total. The van der Waals surface area contributed by atoms with Crippen molar-refractivity contribution in [2.75, 3.05) is 20.6 Å². The van der Waals surface area contributed by atoms with Crippen LogP contribution in [0.25, 0.3) is 0 Å². The number of carbonyl (C=O) groups is 2. The van der Waals surface area contributed by atoms with Crippen LogP contribution in [0.3, 0.4) is 0 Å². The first-order chi connectivity index (χ1) is 18.5. The van der Waals surface area contributed by atoms with E-state index in [2.05, 4.69) is 18.2 Å². The van der Waals surface area contributed by atoms with Crippen molar-refractivity contribution in [1.29, 1.82) is 0 Å². The first-order valence-electron chi connectivity index (χ1n) is 12.5. The van der Waals surface area contributed by atoms with Gasteiger partial charge in [0.05, 0.1) is 11.4 Å². The standard InChI is InChI=1S/C31H37F2N3O3/c1-7-24(31(39)36(6)21-22(3)13-18-26(32)8-2)15-14-23(4)35-30(25-16-19-27(33)20-17-25)28(34-5)11-9-10-12-29(37)38/h7-8,13-20H,1-2,9-12,21H2,3-6H3,(H,37,38)/b22-13+,23-14+,24-15+,26-18+,34-28?,35-30?. The number of hydrogen-bond donors (Lipinski definition) is 1. The van der Waals surface area contributed by atoms with Gasteiger partial charge in [0.15, 0.2) is 0 Å². The van der Waals surface area contributed by atoms with E-state index in [4.69, 9.17) is 10.1 Å². The molecule has 0 aliphatic rings. The molecule has 8 heteroatoms. The van der Waals surface area contributed by atoms with E-state index in [1.54, 1.807) is 58.3 Å². The fourth-order valence-corrected chi connectivity index (χ4v) is 3.47. The Morgan fingerprint density at radius 1 is 1.00 bits per heavy atom. The van der Waals surface area contributed by atoms with Crippen LogP contribution in [0, 0.1) is 5.82 Å². The molecule has 0 spiro atoms. The van der Waals surface area contributed by atoms with E-state index in [1.165, 1.54) is 29.2 Å². The second kappa shape index (κ2) is 17.3. The number of halogens is 2.